The highest BCUT2D eigenvalue weighted by Crippen LogP contribution is 2.22. The summed E-state index contributed by atoms with van der Waals surface area (Å²) >= 11 is 1.67. The molecule has 0 bridgehead atoms. The van der Waals surface area contributed by atoms with E-state index in [0.717, 1.165) is 30.1 Å². The molecule has 5 heteroatoms. The first-order chi connectivity index (χ1) is 8.07. The molecule has 1 N–H and O–H groups in total. The second-order valence-electron chi connectivity index (χ2n) is 4.87. The second kappa shape index (κ2) is 5.44. The predicted octanol–water partition coefficient (Wildman–Crippen LogP) is 1.42. The van der Waals surface area contributed by atoms with Crippen molar-refractivity contribution in [2.45, 2.75) is 31.9 Å². The van der Waals surface area contributed by atoms with Gasteiger partial charge in [-0.15, -0.1) is 11.3 Å². The van der Waals surface area contributed by atoms with Crippen LogP contribution in [0, 0.1) is 6.92 Å². The summed E-state index contributed by atoms with van der Waals surface area (Å²) in [6.07, 6.45) is 1.46. The fourth-order valence-corrected chi connectivity index (χ4v) is 2.83. The van der Waals surface area contributed by atoms with E-state index in [1.54, 1.807) is 11.3 Å². The summed E-state index contributed by atoms with van der Waals surface area (Å²) in [7, 11) is 2.03. The number of hydrogen-bond donors (Lipinski definition) is 1. The van der Waals surface area contributed by atoms with Gasteiger partial charge in [-0.2, -0.15) is 0 Å². The van der Waals surface area contributed by atoms with Crippen molar-refractivity contribution in [2.75, 3.05) is 26.8 Å². The van der Waals surface area contributed by atoms with Gasteiger partial charge < -0.3 is 9.84 Å². The molecule has 4 nitrogen and oxygen atoms in total. The minimum absolute atomic E-state index is 0.585. The van der Waals surface area contributed by atoms with Crippen LogP contribution < -0.4 is 0 Å². The number of aryl methyl sites for hydroxylation is 1. The molecule has 0 aromatic carbocycles. The molecule has 1 aromatic heterocycles. The van der Waals surface area contributed by atoms with Crippen molar-refractivity contribution in [1.82, 2.24) is 9.88 Å². The number of nitrogens with zero attached hydrogens (tertiary/aromatic N) is 2. The van der Waals surface area contributed by atoms with Crippen molar-refractivity contribution in [3.63, 3.8) is 0 Å². The molecule has 1 aromatic rings. The monoisotopic (exact) mass is 256 g/mol. The highest BCUT2D eigenvalue weighted by atomic mass is 32.1. The van der Waals surface area contributed by atoms with Crippen LogP contribution in [0.4, 0.5) is 0 Å². The van der Waals surface area contributed by atoms with Gasteiger partial charge in [-0.25, -0.2) is 4.98 Å². The number of thiazole rings is 1. The third-order valence-electron chi connectivity index (χ3n) is 3.09. The Morgan fingerprint density at radius 3 is 2.82 bits per heavy atom. The molecule has 1 fully saturated rings. The second-order valence-corrected chi connectivity index (χ2v) is 5.93. The molecular weight excluding hydrogens is 236 g/mol. The van der Waals surface area contributed by atoms with Crippen LogP contribution >= 0.6 is 11.3 Å². The van der Waals surface area contributed by atoms with Crippen LogP contribution in [0.25, 0.3) is 0 Å². The van der Waals surface area contributed by atoms with Gasteiger partial charge in [0.15, 0.2) is 0 Å². The SMILES string of the molecule is Cc1nc(CN(C)CC2(O)CCOCC2)cs1. The molecule has 1 saturated heterocycles. The molecule has 1 aliphatic heterocycles. The normalized spacial score (nSPS) is 19.8. The van der Waals surface area contributed by atoms with Crippen LogP contribution in [0.2, 0.25) is 0 Å². The molecular formula is C12H20N2O2S. The van der Waals surface area contributed by atoms with E-state index < -0.39 is 5.60 Å². The van der Waals surface area contributed by atoms with Crippen molar-refractivity contribution in [3.05, 3.63) is 16.1 Å². The van der Waals surface area contributed by atoms with E-state index in [4.69, 9.17) is 4.74 Å². The zero-order chi connectivity index (χ0) is 12.3. The summed E-state index contributed by atoms with van der Waals surface area (Å²) in [5, 5.41) is 13.6. The van der Waals surface area contributed by atoms with Crippen molar-refractivity contribution in [2.24, 2.45) is 0 Å². The van der Waals surface area contributed by atoms with E-state index in [2.05, 4.69) is 15.3 Å². The molecule has 0 unspecified atom stereocenters. The standard InChI is InChI=1S/C12H20N2O2S/c1-10-13-11(8-17-10)7-14(2)9-12(15)3-5-16-6-4-12/h8,15H,3-7,9H2,1-2H3. The van der Waals surface area contributed by atoms with Gasteiger partial charge in [0.2, 0.25) is 0 Å². The Balaban J connectivity index is 1.85. The maximum atomic E-state index is 10.4. The quantitative estimate of drug-likeness (QED) is 0.885. The summed E-state index contributed by atoms with van der Waals surface area (Å²) in [5.41, 5.74) is 0.503. The lowest BCUT2D eigenvalue weighted by atomic mass is 9.94. The Labute approximate surface area is 106 Å². The van der Waals surface area contributed by atoms with Crippen LogP contribution in [0.3, 0.4) is 0 Å². The summed E-state index contributed by atoms with van der Waals surface area (Å²) < 4.78 is 5.28. The molecule has 1 aliphatic rings. The van der Waals surface area contributed by atoms with Gasteiger partial charge in [0.1, 0.15) is 0 Å². The van der Waals surface area contributed by atoms with Gasteiger partial charge in [-0.3, -0.25) is 4.90 Å². The van der Waals surface area contributed by atoms with Crippen LogP contribution in [0.15, 0.2) is 5.38 Å². The summed E-state index contributed by atoms with van der Waals surface area (Å²) in [4.78, 5) is 6.58. The zero-order valence-corrected chi connectivity index (χ0v) is 11.3. The molecule has 2 heterocycles. The molecule has 0 atom stereocenters. The third-order valence-corrected chi connectivity index (χ3v) is 3.91. The fraction of sp³-hybridized carbons (Fsp3) is 0.750. The van der Waals surface area contributed by atoms with Crippen molar-refractivity contribution in [1.29, 1.82) is 0 Å². The molecule has 0 aliphatic carbocycles. The van der Waals surface area contributed by atoms with Gasteiger partial charge in [0.25, 0.3) is 0 Å². The van der Waals surface area contributed by atoms with Gasteiger partial charge in [0.05, 0.1) is 16.3 Å². The number of aromatic nitrogens is 1. The topological polar surface area (TPSA) is 45.6 Å². The van der Waals surface area contributed by atoms with Gasteiger partial charge >= 0.3 is 0 Å². The summed E-state index contributed by atoms with van der Waals surface area (Å²) in [5.74, 6) is 0. The van der Waals surface area contributed by atoms with E-state index in [9.17, 15) is 5.11 Å². The summed E-state index contributed by atoms with van der Waals surface area (Å²) in [6.45, 7) is 4.83. The van der Waals surface area contributed by atoms with Crippen molar-refractivity contribution in [3.8, 4) is 0 Å². The lowest BCUT2D eigenvalue weighted by molar-refractivity contribution is -0.0778. The molecule has 0 saturated carbocycles. The minimum Gasteiger partial charge on any atom is -0.388 e. The number of ether oxygens (including phenoxy) is 1. The van der Waals surface area contributed by atoms with Crippen LogP contribution in [-0.2, 0) is 11.3 Å². The van der Waals surface area contributed by atoms with Crippen LogP contribution in [-0.4, -0.2) is 47.4 Å². The first kappa shape index (κ1) is 13.0. The van der Waals surface area contributed by atoms with E-state index in [0.29, 0.717) is 19.8 Å². The average molecular weight is 256 g/mol. The maximum Gasteiger partial charge on any atom is 0.0897 e. The molecule has 96 valence electrons. The highest BCUT2D eigenvalue weighted by molar-refractivity contribution is 7.09. The van der Waals surface area contributed by atoms with Gasteiger partial charge in [0, 0.05) is 44.5 Å². The summed E-state index contributed by atoms with van der Waals surface area (Å²) in [6, 6.07) is 0. The van der Waals surface area contributed by atoms with E-state index in [-0.39, 0.29) is 0 Å². The Morgan fingerprint density at radius 2 is 2.24 bits per heavy atom. The molecule has 17 heavy (non-hydrogen) atoms. The van der Waals surface area contributed by atoms with Gasteiger partial charge in [-0.05, 0) is 14.0 Å². The first-order valence-electron chi connectivity index (χ1n) is 5.97. The van der Waals surface area contributed by atoms with E-state index >= 15 is 0 Å². The number of aliphatic hydroxyl groups is 1. The molecule has 2 rings (SSSR count). The molecule has 0 spiro atoms. The molecule has 0 radical (unpaired) electrons. The highest BCUT2D eigenvalue weighted by Gasteiger charge is 2.30. The largest absolute Gasteiger partial charge is 0.388 e. The van der Waals surface area contributed by atoms with Crippen LogP contribution in [0.5, 0.6) is 0 Å². The maximum absolute atomic E-state index is 10.4. The Kier molecular flexibility index (Phi) is 4.14. The lowest BCUT2D eigenvalue weighted by Crippen LogP contribution is -2.45. The number of likely N-dealkylation sites (N-methyl/N-ethyl adjacent to an activating group) is 1. The van der Waals surface area contributed by atoms with Crippen LogP contribution in [0.1, 0.15) is 23.5 Å². The van der Waals surface area contributed by atoms with Gasteiger partial charge in [-0.1, -0.05) is 0 Å². The molecule has 0 amide bonds. The smallest absolute Gasteiger partial charge is 0.0897 e. The predicted molar refractivity (Wildman–Crippen MR) is 68.2 cm³/mol. The number of rotatable bonds is 4. The van der Waals surface area contributed by atoms with Crippen molar-refractivity contribution >= 4 is 11.3 Å². The van der Waals surface area contributed by atoms with E-state index in [1.165, 1.54) is 0 Å². The van der Waals surface area contributed by atoms with E-state index in [1.807, 2.05) is 14.0 Å². The lowest BCUT2D eigenvalue weighted by Gasteiger charge is -2.35. The minimum atomic E-state index is -0.585. The Bertz CT molecular complexity index is 361. The fourth-order valence-electron chi connectivity index (χ4n) is 2.23. The van der Waals surface area contributed by atoms with Crippen molar-refractivity contribution < 1.29 is 9.84 Å². The Morgan fingerprint density at radius 1 is 1.53 bits per heavy atom. The average Bonchev–Trinajstić information content (AvgIpc) is 2.63. The zero-order valence-electron chi connectivity index (χ0n) is 10.5. The third kappa shape index (κ3) is 3.74. The number of hydrogen-bond acceptors (Lipinski definition) is 5. The first-order valence-corrected chi connectivity index (χ1v) is 6.85. The Hall–Kier alpha value is -0.490.